The second-order valence-electron chi connectivity index (χ2n) is 1.89. The first kappa shape index (κ1) is 11.6. The van der Waals surface area contributed by atoms with Gasteiger partial charge in [-0.05, 0) is 0 Å². The van der Waals surface area contributed by atoms with Crippen molar-refractivity contribution in [1.29, 1.82) is 0 Å². The molecule has 0 atom stereocenters. The van der Waals surface area contributed by atoms with E-state index in [1.165, 1.54) is 13.8 Å². The van der Waals surface area contributed by atoms with Crippen molar-refractivity contribution in [3.8, 4) is 0 Å². The SMILES string of the molecule is CC[S](=O)(=O)[Ti][S](=O)(=O)CC. The van der Waals surface area contributed by atoms with Crippen LogP contribution in [0.25, 0.3) is 0 Å². The Morgan fingerprint density at radius 2 is 1.18 bits per heavy atom. The van der Waals surface area contributed by atoms with E-state index in [1.807, 2.05) is 0 Å². The molecule has 0 saturated heterocycles. The van der Waals surface area contributed by atoms with E-state index in [9.17, 15) is 16.8 Å². The summed E-state index contributed by atoms with van der Waals surface area (Å²) in [6.45, 7) is 2.92. The maximum atomic E-state index is 10.9. The van der Waals surface area contributed by atoms with Gasteiger partial charge in [0.05, 0.1) is 0 Å². The average molecular weight is 234 g/mol. The van der Waals surface area contributed by atoms with Crippen molar-refractivity contribution in [3.63, 3.8) is 0 Å². The summed E-state index contributed by atoms with van der Waals surface area (Å²) >= 11 is -1.86. The van der Waals surface area contributed by atoms with E-state index >= 15 is 0 Å². The average Bonchev–Trinajstić information content (AvgIpc) is 1.86. The zero-order valence-corrected chi connectivity index (χ0v) is 9.56. The normalized spacial score (nSPS) is 12.9. The van der Waals surface area contributed by atoms with Gasteiger partial charge in [0.25, 0.3) is 0 Å². The first-order valence-corrected chi connectivity index (χ1v) is 10.2. The molecule has 0 rings (SSSR count). The molecule has 0 aliphatic heterocycles. The molecule has 0 spiro atoms. The minimum atomic E-state index is -3.25. The molecule has 0 amide bonds. The van der Waals surface area contributed by atoms with Crippen molar-refractivity contribution in [1.82, 2.24) is 0 Å². The molecule has 66 valence electrons. The summed E-state index contributed by atoms with van der Waals surface area (Å²) in [6.07, 6.45) is 0. The van der Waals surface area contributed by atoms with Gasteiger partial charge in [0.1, 0.15) is 0 Å². The van der Waals surface area contributed by atoms with Gasteiger partial charge in [-0.25, -0.2) is 0 Å². The van der Waals surface area contributed by atoms with E-state index in [0.717, 1.165) is 0 Å². The molecule has 0 aromatic heterocycles. The number of hydrogen-bond acceptors (Lipinski definition) is 4. The molecule has 0 saturated carbocycles. The molecule has 0 bridgehead atoms. The predicted octanol–water partition coefficient (Wildman–Crippen LogP) is -0.232. The molecule has 0 fully saturated rings. The monoisotopic (exact) mass is 234 g/mol. The zero-order valence-electron chi connectivity index (χ0n) is 6.36. The fourth-order valence-corrected chi connectivity index (χ4v) is 11.6. The van der Waals surface area contributed by atoms with E-state index in [2.05, 4.69) is 0 Å². The molecule has 0 aliphatic rings. The third-order valence-corrected chi connectivity index (χ3v) is 14.4. The van der Waals surface area contributed by atoms with Crippen LogP contribution in [-0.4, -0.2) is 28.3 Å². The molecular weight excluding hydrogens is 224 g/mol. The van der Waals surface area contributed by atoms with Gasteiger partial charge in [-0.3, -0.25) is 0 Å². The van der Waals surface area contributed by atoms with Crippen molar-refractivity contribution in [3.05, 3.63) is 0 Å². The first-order valence-electron chi connectivity index (χ1n) is 3.07. The minimum absolute atomic E-state index is 0.0633. The fraction of sp³-hybridized carbons (Fsp3) is 1.00. The third kappa shape index (κ3) is 4.95. The van der Waals surface area contributed by atoms with Crippen LogP contribution in [0.2, 0.25) is 0 Å². The Hall–Kier alpha value is 0.614. The van der Waals surface area contributed by atoms with Crippen molar-refractivity contribution in [2.75, 3.05) is 11.5 Å². The molecule has 11 heavy (non-hydrogen) atoms. The summed E-state index contributed by atoms with van der Waals surface area (Å²) < 4.78 is 43.4. The second kappa shape index (κ2) is 4.02. The predicted molar refractivity (Wildman–Crippen MR) is 38.9 cm³/mol. The molecule has 0 radical (unpaired) electrons. The summed E-state index contributed by atoms with van der Waals surface area (Å²) in [7, 11) is -6.50. The van der Waals surface area contributed by atoms with Gasteiger partial charge in [-0.15, -0.1) is 0 Å². The topological polar surface area (TPSA) is 68.3 Å². The molecule has 0 heterocycles. The molecule has 0 N–H and O–H groups in total. The van der Waals surface area contributed by atoms with Gasteiger partial charge >= 0.3 is 73.6 Å². The molecular formula is C4H10O4S2Ti. The van der Waals surface area contributed by atoms with Crippen molar-refractivity contribution >= 4 is 14.8 Å². The van der Waals surface area contributed by atoms with Crippen LogP contribution in [0.1, 0.15) is 13.8 Å². The van der Waals surface area contributed by atoms with E-state index in [4.69, 9.17) is 0 Å². The van der Waals surface area contributed by atoms with Crippen LogP contribution in [0.3, 0.4) is 0 Å². The Labute approximate surface area is 73.4 Å². The molecule has 0 aromatic carbocycles. The summed E-state index contributed by atoms with van der Waals surface area (Å²) in [6, 6.07) is 0. The zero-order chi connectivity index (χ0) is 9.12. The number of rotatable bonds is 4. The van der Waals surface area contributed by atoms with Gasteiger partial charge in [0.15, 0.2) is 0 Å². The quantitative estimate of drug-likeness (QED) is 0.630. The van der Waals surface area contributed by atoms with Crippen molar-refractivity contribution < 1.29 is 33.4 Å². The molecule has 7 heteroatoms. The van der Waals surface area contributed by atoms with Crippen LogP contribution in [0.15, 0.2) is 0 Å². The van der Waals surface area contributed by atoms with Crippen LogP contribution in [0.5, 0.6) is 0 Å². The Bertz CT molecular complexity index is 269. The Kier molecular flexibility index (Phi) is 4.25. The number of hydrogen-bond donors (Lipinski definition) is 0. The summed E-state index contributed by atoms with van der Waals surface area (Å²) in [5.74, 6) is -0.127. The van der Waals surface area contributed by atoms with E-state index in [0.29, 0.717) is 0 Å². The fourth-order valence-electron chi connectivity index (χ4n) is 0.311. The Balaban J connectivity index is 4.54. The van der Waals surface area contributed by atoms with Gasteiger partial charge in [-0.1, -0.05) is 0 Å². The van der Waals surface area contributed by atoms with Crippen LogP contribution in [0.4, 0.5) is 0 Å². The van der Waals surface area contributed by atoms with E-state index in [1.54, 1.807) is 0 Å². The molecule has 4 nitrogen and oxygen atoms in total. The van der Waals surface area contributed by atoms with Gasteiger partial charge in [0, 0.05) is 0 Å². The summed E-state index contributed by atoms with van der Waals surface area (Å²) in [5.41, 5.74) is 0. The Morgan fingerprint density at radius 1 is 0.909 bits per heavy atom. The standard InChI is InChI=1S/2C2H5O2S.Ti/c2*1-2-5(3)4;/h2*2H2,1H3;. The second-order valence-corrected chi connectivity index (χ2v) is 14.3. The van der Waals surface area contributed by atoms with Gasteiger partial charge in [-0.2, -0.15) is 0 Å². The van der Waals surface area contributed by atoms with Crippen LogP contribution >= 0.6 is 0 Å². The molecule has 0 aromatic rings. The third-order valence-electron chi connectivity index (χ3n) is 1.01. The van der Waals surface area contributed by atoms with Crippen LogP contribution in [0, 0.1) is 0 Å². The van der Waals surface area contributed by atoms with Crippen LogP contribution in [-0.2, 0) is 31.4 Å². The van der Waals surface area contributed by atoms with E-state index < -0.39 is 31.4 Å². The Morgan fingerprint density at radius 3 is 1.36 bits per heavy atom. The van der Waals surface area contributed by atoms with E-state index in [-0.39, 0.29) is 11.5 Å². The summed E-state index contributed by atoms with van der Waals surface area (Å²) in [5, 5.41) is 0. The van der Waals surface area contributed by atoms with Gasteiger partial charge < -0.3 is 0 Å². The molecule has 0 aliphatic carbocycles. The van der Waals surface area contributed by atoms with Crippen LogP contribution < -0.4 is 0 Å². The van der Waals surface area contributed by atoms with Crippen molar-refractivity contribution in [2.45, 2.75) is 13.8 Å². The first-order chi connectivity index (χ1) is 4.83. The van der Waals surface area contributed by atoms with Gasteiger partial charge in [0.2, 0.25) is 0 Å². The van der Waals surface area contributed by atoms with Crippen molar-refractivity contribution in [2.24, 2.45) is 0 Å². The molecule has 0 unspecified atom stereocenters. The maximum absolute atomic E-state index is 10.9. The summed E-state index contributed by atoms with van der Waals surface area (Å²) in [4.78, 5) is 0.